The molecule has 4 bridgehead atoms. The summed E-state index contributed by atoms with van der Waals surface area (Å²) < 4.78 is 5.43. The zero-order chi connectivity index (χ0) is 21.6. The monoisotopic (exact) mass is 419 g/mol. The summed E-state index contributed by atoms with van der Waals surface area (Å²) in [6.45, 7) is 3.78. The number of hydrogen-bond donors (Lipinski definition) is 2. The SMILES string of the molecule is Cc1ccc(NC(=O)C23CC4CC(CC(C4)C2)C3)c(C(=O)N/N=C/c2ccc(C)o2)c1. The predicted molar refractivity (Wildman–Crippen MR) is 119 cm³/mol. The quantitative estimate of drug-likeness (QED) is 0.539. The van der Waals surface area contributed by atoms with Gasteiger partial charge in [0.25, 0.3) is 5.91 Å². The molecule has 1 heterocycles. The second-order valence-electron chi connectivity index (χ2n) is 9.85. The summed E-state index contributed by atoms with van der Waals surface area (Å²) >= 11 is 0. The van der Waals surface area contributed by atoms with Gasteiger partial charge < -0.3 is 9.73 Å². The van der Waals surface area contributed by atoms with Crippen molar-refractivity contribution in [3.63, 3.8) is 0 Å². The van der Waals surface area contributed by atoms with Crippen molar-refractivity contribution in [1.29, 1.82) is 0 Å². The fourth-order valence-corrected chi connectivity index (χ4v) is 6.34. The Morgan fingerprint density at radius 1 is 1.03 bits per heavy atom. The zero-order valence-corrected chi connectivity index (χ0v) is 18.1. The number of furan rings is 1. The summed E-state index contributed by atoms with van der Waals surface area (Å²) in [6, 6.07) is 9.15. The molecule has 31 heavy (non-hydrogen) atoms. The van der Waals surface area contributed by atoms with Gasteiger partial charge in [-0.25, -0.2) is 5.43 Å². The lowest BCUT2D eigenvalue weighted by Gasteiger charge is -2.55. The van der Waals surface area contributed by atoms with Gasteiger partial charge in [0.2, 0.25) is 5.91 Å². The molecule has 0 atom stereocenters. The maximum Gasteiger partial charge on any atom is 0.273 e. The molecule has 0 unspecified atom stereocenters. The standard InChI is InChI=1S/C25H29N3O3/c1-15-3-6-22(21(7-15)23(29)28-26-14-20-5-4-16(2)31-20)27-24(30)25-11-17-8-18(12-25)10-19(9-17)13-25/h3-7,14,17-19H,8-13H2,1-2H3,(H,27,30)(H,28,29)/b26-14+. The highest BCUT2D eigenvalue weighted by molar-refractivity contribution is 6.05. The van der Waals surface area contributed by atoms with Crippen LogP contribution in [0.4, 0.5) is 5.69 Å². The molecule has 162 valence electrons. The van der Waals surface area contributed by atoms with Crippen molar-refractivity contribution in [3.8, 4) is 0 Å². The number of nitrogens with zero attached hydrogens (tertiary/aromatic N) is 1. The number of anilines is 1. The van der Waals surface area contributed by atoms with E-state index in [-0.39, 0.29) is 17.2 Å². The number of hydrazone groups is 1. The van der Waals surface area contributed by atoms with E-state index in [1.54, 1.807) is 12.1 Å². The minimum atomic E-state index is -0.357. The topological polar surface area (TPSA) is 83.7 Å². The zero-order valence-electron chi connectivity index (χ0n) is 18.1. The molecule has 0 spiro atoms. The fourth-order valence-electron chi connectivity index (χ4n) is 6.34. The fraction of sp³-hybridized carbons (Fsp3) is 0.480. The molecule has 4 aliphatic carbocycles. The van der Waals surface area contributed by atoms with Gasteiger partial charge in [0.1, 0.15) is 11.5 Å². The summed E-state index contributed by atoms with van der Waals surface area (Å²) in [5, 5.41) is 7.12. The highest BCUT2D eigenvalue weighted by Gasteiger charge is 2.54. The van der Waals surface area contributed by atoms with E-state index < -0.39 is 0 Å². The molecule has 4 saturated carbocycles. The predicted octanol–water partition coefficient (Wildman–Crippen LogP) is 4.82. The van der Waals surface area contributed by atoms with Gasteiger partial charge in [-0.15, -0.1) is 0 Å². The van der Waals surface area contributed by atoms with E-state index in [0.717, 1.165) is 30.6 Å². The lowest BCUT2D eigenvalue weighted by molar-refractivity contribution is -0.140. The van der Waals surface area contributed by atoms with Crippen molar-refractivity contribution in [1.82, 2.24) is 5.43 Å². The van der Waals surface area contributed by atoms with Gasteiger partial charge in [-0.05, 0) is 94.4 Å². The molecule has 0 saturated heterocycles. The lowest BCUT2D eigenvalue weighted by Crippen LogP contribution is -2.51. The smallest absolute Gasteiger partial charge is 0.273 e. The van der Waals surface area contributed by atoms with Gasteiger partial charge in [0.05, 0.1) is 22.9 Å². The summed E-state index contributed by atoms with van der Waals surface area (Å²) in [4.78, 5) is 26.3. The summed E-state index contributed by atoms with van der Waals surface area (Å²) in [7, 11) is 0. The first kappa shape index (κ1) is 20.0. The first-order valence-corrected chi connectivity index (χ1v) is 11.2. The van der Waals surface area contributed by atoms with E-state index in [4.69, 9.17) is 4.42 Å². The maximum absolute atomic E-state index is 13.4. The Balaban J connectivity index is 1.32. The molecule has 0 radical (unpaired) electrons. The van der Waals surface area contributed by atoms with Gasteiger partial charge in [-0.2, -0.15) is 5.10 Å². The van der Waals surface area contributed by atoms with Crippen LogP contribution in [0, 0.1) is 37.0 Å². The van der Waals surface area contributed by atoms with Crippen LogP contribution < -0.4 is 10.7 Å². The summed E-state index contributed by atoms with van der Waals surface area (Å²) in [5.74, 6) is 3.15. The third-order valence-electron chi connectivity index (χ3n) is 7.31. The Bertz CT molecular complexity index is 1020. The lowest BCUT2D eigenvalue weighted by atomic mass is 9.49. The average Bonchev–Trinajstić information content (AvgIpc) is 3.13. The molecule has 0 aliphatic heterocycles. The number of carbonyl (C=O) groups excluding carboxylic acids is 2. The summed E-state index contributed by atoms with van der Waals surface area (Å²) in [5.41, 5.74) is 4.21. The van der Waals surface area contributed by atoms with E-state index in [1.807, 2.05) is 32.0 Å². The minimum Gasteiger partial charge on any atom is -0.460 e. The number of carbonyl (C=O) groups is 2. The molecule has 1 aromatic carbocycles. The normalized spacial score (nSPS) is 28.8. The van der Waals surface area contributed by atoms with Crippen LogP contribution >= 0.6 is 0 Å². The van der Waals surface area contributed by atoms with Gasteiger partial charge >= 0.3 is 0 Å². The van der Waals surface area contributed by atoms with Gasteiger partial charge in [-0.3, -0.25) is 9.59 Å². The van der Waals surface area contributed by atoms with Crippen molar-refractivity contribution in [2.24, 2.45) is 28.3 Å². The molecular weight excluding hydrogens is 390 g/mol. The van der Waals surface area contributed by atoms with Gasteiger partial charge in [0, 0.05) is 0 Å². The van der Waals surface area contributed by atoms with Crippen LogP contribution in [0.25, 0.3) is 0 Å². The molecular formula is C25H29N3O3. The average molecular weight is 420 g/mol. The largest absolute Gasteiger partial charge is 0.460 e. The highest BCUT2D eigenvalue weighted by atomic mass is 16.3. The van der Waals surface area contributed by atoms with Gasteiger partial charge in [0.15, 0.2) is 0 Å². The van der Waals surface area contributed by atoms with Crippen molar-refractivity contribution < 1.29 is 14.0 Å². The van der Waals surface area contributed by atoms with Crippen molar-refractivity contribution in [3.05, 3.63) is 53.0 Å². The number of benzene rings is 1. The van der Waals surface area contributed by atoms with Crippen LogP contribution in [0.5, 0.6) is 0 Å². The molecule has 2 aromatic rings. The van der Waals surface area contributed by atoms with E-state index >= 15 is 0 Å². The molecule has 4 fully saturated rings. The highest BCUT2D eigenvalue weighted by Crippen LogP contribution is 2.60. The van der Waals surface area contributed by atoms with Crippen molar-refractivity contribution in [2.75, 3.05) is 5.32 Å². The van der Waals surface area contributed by atoms with Crippen LogP contribution in [0.2, 0.25) is 0 Å². The third-order valence-corrected chi connectivity index (χ3v) is 7.31. The minimum absolute atomic E-state index is 0.0825. The Labute approximate surface area is 182 Å². The van der Waals surface area contributed by atoms with Crippen LogP contribution in [0.15, 0.2) is 39.9 Å². The van der Waals surface area contributed by atoms with Crippen LogP contribution in [0.1, 0.15) is 66.0 Å². The van der Waals surface area contributed by atoms with Gasteiger partial charge in [-0.1, -0.05) is 11.6 Å². The van der Waals surface area contributed by atoms with Crippen molar-refractivity contribution >= 4 is 23.7 Å². The molecule has 2 amide bonds. The number of nitrogens with one attached hydrogen (secondary N) is 2. The van der Waals surface area contributed by atoms with E-state index in [0.29, 0.717) is 34.8 Å². The molecule has 6 heteroatoms. The molecule has 4 aliphatic rings. The Hall–Kier alpha value is -2.89. The van der Waals surface area contributed by atoms with Crippen LogP contribution in [0.3, 0.4) is 0 Å². The Kier molecular flexibility index (Phi) is 4.95. The maximum atomic E-state index is 13.4. The molecule has 2 N–H and O–H groups in total. The molecule has 1 aromatic heterocycles. The van der Waals surface area contributed by atoms with Crippen molar-refractivity contribution in [2.45, 2.75) is 52.4 Å². The molecule has 6 rings (SSSR count). The number of aryl methyl sites for hydroxylation is 2. The van der Waals surface area contributed by atoms with E-state index in [2.05, 4.69) is 15.8 Å². The van der Waals surface area contributed by atoms with Crippen LogP contribution in [-0.4, -0.2) is 18.0 Å². The molecule has 6 nitrogen and oxygen atoms in total. The van der Waals surface area contributed by atoms with Crippen LogP contribution in [-0.2, 0) is 4.79 Å². The summed E-state index contributed by atoms with van der Waals surface area (Å²) in [6.07, 6.45) is 8.31. The number of hydrogen-bond acceptors (Lipinski definition) is 4. The second kappa shape index (κ2) is 7.66. The third kappa shape index (κ3) is 3.91. The second-order valence-corrected chi connectivity index (χ2v) is 9.85. The van der Waals surface area contributed by atoms with E-state index in [9.17, 15) is 9.59 Å². The first-order chi connectivity index (χ1) is 14.9. The first-order valence-electron chi connectivity index (χ1n) is 11.2. The number of rotatable bonds is 5. The Morgan fingerprint density at radius 2 is 1.71 bits per heavy atom. The Morgan fingerprint density at radius 3 is 2.32 bits per heavy atom. The van der Waals surface area contributed by atoms with E-state index in [1.165, 1.54) is 25.5 Å². The number of amides is 2.